The van der Waals surface area contributed by atoms with Gasteiger partial charge in [-0.2, -0.15) is 13.9 Å². The third-order valence-electron chi connectivity index (χ3n) is 4.37. The summed E-state index contributed by atoms with van der Waals surface area (Å²) in [4.78, 5) is 25.1. The molecular formula is C21H20F4N4O4. The van der Waals surface area contributed by atoms with Gasteiger partial charge in [0.2, 0.25) is 0 Å². The summed E-state index contributed by atoms with van der Waals surface area (Å²) in [6, 6.07) is 9.17. The van der Waals surface area contributed by atoms with Gasteiger partial charge in [-0.05, 0) is 29.8 Å². The number of hydrogen-bond donors (Lipinski definition) is 2. The van der Waals surface area contributed by atoms with Gasteiger partial charge < -0.3 is 19.8 Å². The van der Waals surface area contributed by atoms with Crippen LogP contribution in [0.15, 0.2) is 53.3 Å². The lowest BCUT2D eigenvalue weighted by molar-refractivity contribution is -0.168. The molecule has 0 radical (unpaired) electrons. The minimum atomic E-state index is -4.26. The fraction of sp³-hybridized carbons (Fsp3) is 0.286. The topological polar surface area (TPSA) is 98.4 Å². The van der Waals surface area contributed by atoms with E-state index in [-0.39, 0.29) is 23.5 Å². The Labute approximate surface area is 185 Å². The first-order chi connectivity index (χ1) is 15.7. The Morgan fingerprint density at radius 3 is 2.70 bits per heavy atom. The van der Waals surface area contributed by atoms with Crippen LogP contribution in [0.25, 0.3) is 0 Å². The van der Waals surface area contributed by atoms with Crippen molar-refractivity contribution in [1.82, 2.24) is 15.1 Å². The summed E-state index contributed by atoms with van der Waals surface area (Å²) in [5.74, 6) is -4.86. The van der Waals surface area contributed by atoms with E-state index in [0.717, 1.165) is 0 Å². The number of ether oxygens (including phenoxy) is 1. The third-order valence-corrected chi connectivity index (χ3v) is 4.37. The molecule has 0 aliphatic carbocycles. The highest BCUT2D eigenvalue weighted by Crippen LogP contribution is 2.23. The van der Waals surface area contributed by atoms with E-state index in [0.29, 0.717) is 11.3 Å². The maximum Gasteiger partial charge on any atom is 0.330 e. The standard InChI is InChI=1S/C21H20F4N4O4/c1-29-10-16(17(28-29)19(31)26-9-15-6-3-7-33-15)27-18(30)14-5-2-4-13(8-14)11-32-12-21(24,25)20(22)23/h2-8,10,20H,9,11-12H2,1H3,(H,26,31)(H,27,30). The number of aromatic nitrogens is 2. The molecule has 0 spiro atoms. The summed E-state index contributed by atoms with van der Waals surface area (Å²) >= 11 is 0. The van der Waals surface area contributed by atoms with Gasteiger partial charge in [0.05, 0.1) is 25.1 Å². The van der Waals surface area contributed by atoms with E-state index in [1.54, 1.807) is 19.2 Å². The van der Waals surface area contributed by atoms with E-state index in [1.807, 2.05) is 0 Å². The number of carbonyl (C=O) groups is 2. The zero-order chi connectivity index (χ0) is 24.0. The molecule has 0 aliphatic heterocycles. The lowest BCUT2D eigenvalue weighted by Gasteiger charge is -2.15. The molecular weight excluding hydrogens is 448 g/mol. The van der Waals surface area contributed by atoms with E-state index in [9.17, 15) is 27.2 Å². The predicted molar refractivity (Wildman–Crippen MR) is 108 cm³/mol. The molecule has 0 bridgehead atoms. The van der Waals surface area contributed by atoms with Gasteiger partial charge in [-0.3, -0.25) is 14.3 Å². The number of rotatable bonds is 10. The van der Waals surface area contributed by atoms with Crippen molar-refractivity contribution in [2.45, 2.75) is 25.5 Å². The normalized spacial score (nSPS) is 11.6. The van der Waals surface area contributed by atoms with Crippen molar-refractivity contribution < 1.29 is 36.3 Å². The molecule has 8 nitrogen and oxygen atoms in total. The maximum atomic E-state index is 13.0. The molecule has 0 fully saturated rings. The molecule has 33 heavy (non-hydrogen) atoms. The second-order valence-corrected chi connectivity index (χ2v) is 7.04. The van der Waals surface area contributed by atoms with Crippen LogP contribution >= 0.6 is 0 Å². The van der Waals surface area contributed by atoms with Gasteiger partial charge in [0.1, 0.15) is 12.4 Å². The number of anilines is 1. The molecule has 3 aromatic rings. The smallest absolute Gasteiger partial charge is 0.330 e. The van der Waals surface area contributed by atoms with Crippen LogP contribution in [-0.4, -0.2) is 40.5 Å². The molecule has 3 rings (SSSR count). The predicted octanol–water partition coefficient (Wildman–Crippen LogP) is 3.61. The minimum absolute atomic E-state index is 0.0221. The van der Waals surface area contributed by atoms with Gasteiger partial charge >= 0.3 is 12.3 Å². The van der Waals surface area contributed by atoms with Crippen LogP contribution in [0.4, 0.5) is 23.2 Å². The summed E-state index contributed by atoms with van der Waals surface area (Å²) in [5.41, 5.74) is 0.599. The lowest BCUT2D eigenvalue weighted by atomic mass is 10.1. The Bertz CT molecular complexity index is 1100. The fourth-order valence-electron chi connectivity index (χ4n) is 2.78. The molecule has 0 saturated carbocycles. The van der Waals surface area contributed by atoms with Crippen molar-refractivity contribution in [3.8, 4) is 0 Å². The summed E-state index contributed by atoms with van der Waals surface area (Å²) in [5, 5.41) is 9.27. The largest absolute Gasteiger partial charge is 0.467 e. The number of nitrogens with one attached hydrogen (secondary N) is 2. The maximum absolute atomic E-state index is 13.0. The first kappa shape index (κ1) is 24.0. The number of hydrogen-bond acceptors (Lipinski definition) is 5. The molecule has 12 heteroatoms. The number of nitrogens with zero attached hydrogens (tertiary/aromatic N) is 2. The monoisotopic (exact) mass is 468 g/mol. The van der Waals surface area contributed by atoms with E-state index in [1.165, 1.54) is 41.4 Å². The third kappa shape index (κ3) is 6.42. The van der Waals surface area contributed by atoms with Crippen LogP contribution < -0.4 is 10.6 Å². The van der Waals surface area contributed by atoms with Gasteiger partial charge in [-0.25, -0.2) is 8.78 Å². The van der Waals surface area contributed by atoms with Crippen molar-refractivity contribution in [2.75, 3.05) is 11.9 Å². The molecule has 0 saturated heterocycles. The van der Waals surface area contributed by atoms with Crippen LogP contribution in [0.1, 0.15) is 32.2 Å². The summed E-state index contributed by atoms with van der Waals surface area (Å²) in [6.45, 7) is -1.72. The Balaban J connectivity index is 1.63. The van der Waals surface area contributed by atoms with Crippen LogP contribution in [0.2, 0.25) is 0 Å². The zero-order valence-electron chi connectivity index (χ0n) is 17.4. The number of benzene rings is 1. The van der Waals surface area contributed by atoms with Crippen molar-refractivity contribution in [3.63, 3.8) is 0 Å². The molecule has 2 N–H and O–H groups in total. The highest BCUT2D eigenvalue weighted by Gasteiger charge is 2.40. The molecule has 2 amide bonds. The van der Waals surface area contributed by atoms with Gasteiger partial charge in [-0.1, -0.05) is 12.1 Å². The molecule has 2 aromatic heterocycles. The fourth-order valence-corrected chi connectivity index (χ4v) is 2.78. The number of aryl methyl sites for hydroxylation is 1. The average molecular weight is 468 g/mol. The van der Waals surface area contributed by atoms with Crippen LogP contribution in [0, 0.1) is 0 Å². The number of amides is 2. The van der Waals surface area contributed by atoms with Crippen molar-refractivity contribution >= 4 is 17.5 Å². The summed E-state index contributed by atoms with van der Waals surface area (Å²) < 4.78 is 61.5. The van der Waals surface area contributed by atoms with E-state index in [2.05, 4.69) is 20.5 Å². The number of furan rings is 1. The quantitative estimate of drug-likeness (QED) is 0.443. The van der Waals surface area contributed by atoms with Gasteiger partial charge in [-0.15, -0.1) is 0 Å². The van der Waals surface area contributed by atoms with E-state index < -0.39 is 37.4 Å². The van der Waals surface area contributed by atoms with Crippen LogP contribution in [0.3, 0.4) is 0 Å². The second-order valence-electron chi connectivity index (χ2n) is 7.04. The van der Waals surface area contributed by atoms with Crippen molar-refractivity contribution in [3.05, 3.63) is 71.4 Å². The molecule has 0 aliphatic rings. The Kier molecular flexibility index (Phi) is 7.48. The molecule has 1 aromatic carbocycles. The molecule has 2 heterocycles. The van der Waals surface area contributed by atoms with Gasteiger partial charge in [0, 0.05) is 18.8 Å². The average Bonchev–Trinajstić information content (AvgIpc) is 3.41. The number of carbonyl (C=O) groups excluding carboxylic acids is 2. The molecule has 0 atom stereocenters. The SMILES string of the molecule is Cn1cc(NC(=O)c2cccc(COCC(F)(F)C(F)F)c2)c(C(=O)NCc2ccco2)n1. The summed E-state index contributed by atoms with van der Waals surface area (Å²) in [6.07, 6.45) is -0.921. The molecule has 0 unspecified atom stereocenters. The second kappa shape index (κ2) is 10.3. The van der Waals surface area contributed by atoms with Crippen LogP contribution in [-0.2, 0) is 24.9 Å². The van der Waals surface area contributed by atoms with Crippen molar-refractivity contribution in [1.29, 1.82) is 0 Å². The van der Waals surface area contributed by atoms with Crippen LogP contribution in [0.5, 0.6) is 0 Å². The lowest BCUT2D eigenvalue weighted by Crippen LogP contribution is -2.32. The Morgan fingerprint density at radius 2 is 2.00 bits per heavy atom. The van der Waals surface area contributed by atoms with Gasteiger partial charge in [0.25, 0.3) is 11.8 Å². The number of halogens is 4. The Hall–Kier alpha value is -3.67. The first-order valence-corrected chi connectivity index (χ1v) is 9.64. The highest BCUT2D eigenvalue weighted by atomic mass is 19.3. The van der Waals surface area contributed by atoms with E-state index in [4.69, 9.17) is 4.42 Å². The van der Waals surface area contributed by atoms with Gasteiger partial charge in [0.15, 0.2) is 5.69 Å². The number of alkyl halides is 4. The van der Waals surface area contributed by atoms with Crippen molar-refractivity contribution in [2.24, 2.45) is 7.05 Å². The minimum Gasteiger partial charge on any atom is -0.467 e. The highest BCUT2D eigenvalue weighted by molar-refractivity contribution is 6.08. The first-order valence-electron chi connectivity index (χ1n) is 9.64. The van der Waals surface area contributed by atoms with E-state index >= 15 is 0 Å². The zero-order valence-corrected chi connectivity index (χ0v) is 17.4. The molecule has 176 valence electrons. The Morgan fingerprint density at radius 1 is 1.21 bits per heavy atom. The summed E-state index contributed by atoms with van der Waals surface area (Å²) in [7, 11) is 1.58.